The minimum absolute atomic E-state index is 0. The second-order valence-corrected chi connectivity index (χ2v) is 6.40. The van der Waals surface area contributed by atoms with Gasteiger partial charge < -0.3 is 20.3 Å². The number of pyridine rings is 1. The van der Waals surface area contributed by atoms with Gasteiger partial charge in [0.15, 0.2) is 0 Å². The number of halogens is 2. The van der Waals surface area contributed by atoms with Crippen molar-refractivity contribution in [2.24, 2.45) is 0 Å². The molecule has 0 saturated carbocycles. The van der Waals surface area contributed by atoms with Gasteiger partial charge in [-0.1, -0.05) is 24.3 Å². The highest BCUT2D eigenvalue weighted by atomic mass is 35.5. The average molecular weight is 411 g/mol. The van der Waals surface area contributed by atoms with Crippen molar-refractivity contribution in [2.75, 3.05) is 36.5 Å². The summed E-state index contributed by atoms with van der Waals surface area (Å²) in [4.78, 5) is 19.2. The van der Waals surface area contributed by atoms with Crippen LogP contribution in [0.25, 0.3) is 0 Å². The molecule has 8 heteroatoms. The maximum Gasteiger partial charge on any atom is 0.241 e. The molecule has 1 amide bonds. The Hall–Kier alpha value is -1.86. The molecule has 0 spiro atoms. The van der Waals surface area contributed by atoms with Gasteiger partial charge in [-0.2, -0.15) is 0 Å². The molecule has 2 aliphatic rings. The van der Waals surface area contributed by atoms with E-state index in [1.807, 2.05) is 24.3 Å². The van der Waals surface area contributed by atoms with Crippen LogP contribution in [0.4, 0.5) is 11.5 Å². The Labute approximate surface area is 171 Å². The van der Waals surface area contributed by atoms with E-state index in [1.54, 1.807) is 6.20 Å². The van der Waals surface area contributed by atoms with Crippen LogP contribution in [0.1, 0.15) is 11.1 Å². The Morgan fingerprint density at radius 3 is 2.56 bits per heavy atom. The largest absolute Gasteiger partial charge is 0.378 e. The molecule has 1 unspecified atom stereocenters. The molecular formula is C19H24Cl2N4O2. The van der Waals surface area contributed by atoms with E-state index in [2.05, 4.69) is 32.7 Å². The van der Waals surface area contributed by atoms with Crippen LogP contribution in [0.2, 0.25) is 0 Å². The Morgan fingerprint density at radius 2 is 1.85 bits per heavy atom. The maximum atomic E-state index is 12.5. The van der Waals surface area contributed by atoms with E-state index in [0.717, 1.165) is 44.4 Å². The van der Waals surface area contributed by atoms with E-state index in [0.29, 0.717) is 6.42 Å². The van der Waals surface area contributed by atoms with Crippen molar-refractivity contribution in [3.05, 3.63) is 53.7 Å². The third kappa shape index (κ3) is 5.11. The third-order valence-electron chi connectivity index (χ3n) is 4.75. The molecule has 1 aromatic heterocycles. The zero-order chi connectivity index (χ0) is 17.1. The molecular weight excluding hydrogens is 387 g/mol. The quantitative estimate of drug-likeness (QED) is 0.812. The van der Waals surface area contributed by atoms with Gasteiger partial charge in [-0.3, -0.25) is 4.79 Å². The SMILES string of the molecule is Cl.Cl.O=C(Nc1ccc(N2CCOCC2)nc1)C1Cc2ccccc2CN1. The van der Waals surface area contributed by atoms with Gasteiger partial charge in [0.1, 0.15) is 5.82 Å². The highest BCUT2D eigenvalue weighted by Gasteiger charge is 2.24. The summed E-state index contributed by atoms with van der Waals surface area (Å²) in [6.07, 6.45) is 2.43. The van der Waals surface area contributed by atoms with Crippen molar-refractivity contribution in [1.82, 2.24) is 10.3 Å². The number of ether oxygens (including phenoxy) is 1. The fourth-order valence-electron chi connectivity index (χ4n) is 3.31. The molecule has 0 radical (unpaired) electrons. The van der Waals surface area contributed by atoms with Crippen LogP contribution in [-0.4, -0.2) is 43.2 Å². The molecule has 1 saturated heterocycles. The molecule has 146 valence electrons. The van der Waals surface area contributed by atoms with Gasteiger partial charge >= 0.3 is 0 Å². The van der Waals surface area contributed by atoms with Gasteiger partial charge in [0.05, 0.1) is 31.1 Å². The Morgan fingerprint density at radius 1 is 1.11 bits per heavy atom. The number of carbonyl (C=O) groups excluding carboxylic acids is 1. The summed E-state index contributed by atoms with van der Waals surface area (Å²) in [6, 6.07) is 11.9. The first-order chi connectivity index (χ1) is 12.3. The number of benzene rings is 1. The zero-order valence-corrected chi connectivity index (χ0v) is 16.5. The molecule has 4 rings (SSSR count). The first-order valence-electron chi connectivity index (χ1n) is 8.69. The smallest absolute Gasteiger partial charge is 0.241 e. The lowest BCUT2D eigenvalue weighted by atomic mass is 9.95. The first-order valence-corrected chi connectivity index (χ1v) is 8.69. The van der Waals surface area contributed by atoms with Crippen molar-refractivity contribution < 1.29 is 9.53 Å². The summed E-state index contributed by atoms with van der Waals surface area (Å²) in [5.41, 5.74) is 3.23. The minimum Gasteiger partial charge on any atom is -0.378 e. The fraction of sp³-hybridized carbons (Fsp3) is 0.368. The van der Waals surface area contributed by atoms with Crippen molar-refractivity contribution in [3.63, 3.8) is 0 Å². The number of nitrogens with zero attached hydrogens (tertiary/aromatic N) is 2. The molecule has 6 nitrogen and oxygen atoms in total. The predicted octanol–water partition coefficient (Wildman–Crippen LogP) is 2.41. The standard InChI is InChI=1S/C19H22N4O2.2ClH/c24-19(17-11-14-3-1-2-4-15(14)12-20-17)22-16-5-6-18(21-13-16)23-7-9-25-10-8-23;;/h1-6,13,17,20H,7-12H2,(H,22,24);2*1H. The molecule has 1 atom stereocenters. The number of fused-ring (bicyclic) bond motifs is 1. The topological polar surface area (TPSA) is 66.5 Å². The molecule has 2 N–H and O–H groups in total. The number of amides is 1. The van der Waals surface area contributed by atoms with Crippen LogP contribution in [0.5, 0.6) is 0 Å². The van der Waals surface area contributed by atoms with Crippen molar-refractivity contribution in [1.29, 1.82) is 0 Å². The molecule has 2 aromatic rings. The molecule has 0 bridgehead atoms. The summed E-state index contributed by atoms with van der Waals surface area (Å²) >= 11 is 0. The lowest BCUT2D eigenvalue weighted by molar-refractivity contribution is -0.118. The number of rotatable bonds is 3. The number of aromatic nitrogens is 1. The molecule has 3 heterocycles. The van der Waals surface area contributed by atoms with E-state index in [1.165, 1.54) is 11.1 Å². The number of carbonyl (C=O) groups is 1. The molecule has 1 fully saturated rings. The van der Waals surface area contributed by atoms with Gasteiger partial charge in [0.25, 0.3) is 0 Å². The summed E-state index contributed by atoms with van der Waals surface area (Å²) in [5, 5.41) is 6.27. The van der Waals surface area contributed by atoms with E-state index >= 15 is 0 Å². The third-order valence-corrected chi connectivity index (χ3v) is 4.75. The van der Waals surface area contributed by atoms with Crippen LogP contribution in [-0.2, 0) is 22.5 Å². The van der Waals surface area contributed by atoms with Gasteiger partial charge in [-0.15, -0.1) is 24.8 Å². The van der Waals surface area contributed by atoms with E-state index in [9.17, 15) is 4.79 Å². The second kappa shape index (κ2) is 9.90. The molecule has 2 aliphatic heterocycles. The van der Waals surface area contributed by atoms with Gasteiger partial charge in [-0.05, 0) is 29.7 Å². The highest BCUT2D eigenvalue weighted by Crippen LogP contribution is 2.19. The lowest BCUT2D eigenvalue weighted by Crippen LogP contribution is -2.44. The van der Waals surface area contributed by atoms with Gasteiger partial charge in [-0.25, -0.2) is 4.98 Å². The van der Waals surface area contributed by atoms with Crippen molar-refractivity contribution in [3.8, 4) is 0 Å². The normalized spacial score (nSPS) is 18.5. The first kappa shape index (κ1) is 21.4. The van der Waals surface area contributed by atoms with Crippen LogP contribution in [0.3, 0.4) is 0 Å². The van der Waals surface area contributed by atoms with E-state index in [4.69, 9.17) is 4.74 Å². The molecule has 0 aliphatic carbocycles. The van der Waals surface area contributed by atoms with Crippen LogP contribution in [0, 0.1) is 0 Å². The van der Waals surface area contributed by atoms with E-state index < -0.39 is 0 Å². The van der Waals surface area contributed by atoms with Gasteiger partial charge in [0, 0.05) is 19.6 Å². The zero-order valence-electron chi connectivity index (χ0n) is 14.9. The summed E-state index contributed by atoms with van der Waals surface area (Å²) in [6.45, 7) is 3.89. The number of morpholine rings is 1. The highest BCUT2D eigenvalue weighted by molar-refractivity contribution is 5.95. The summed E-state index contributed by atoms with van der Waals surface area (Å²) in [7, 11) is 0. The Balaban J connectivity index is 0.00000131. The molecule has 27 heavy (non-hydrogen) atoms. The van der Waals surface area contributed by atoms with Crippen LogP contribution >= 0.6 is 24.8 Å². The van der Waals surface area contributed by atoms with Crippen LogP contribution in [0.15, 0.2) is 42.6 Å². The van der Waals surface area contributed by atoms with Crippen LogP contribution < -0.4 is 15.5 Å². The Bertz CT molecular complexity index is 752. The number of anilines is 2. The summed E-state index contributed by atoms with van der Waals surface area (Å²) in [5.74, 6) is 0.904. The number of nitrogens with one attached hydrogen (secondary N) is 2. The monoisotopic (exact) mass is 410 g/mol. The average Bonchev–Trinajstić information content (AvgIpc) is 2.69. The van der Waals surface area contributed by atoms with Crippen molar-refractivity contribution >= 4 is 42.2 Å². The summed E-state index contributed by atoms with van der Waals surface area (Å²) < 4.78 is 5.36. The molecule has 1 aromatic carbocycles. The number of hydrogen-bond donors (Lipinski definition) is 2. The predicted molar refractivity (Wildman–Crippen MR) is 111 cm³/mol. The number of hydrogen-bond acceptors (Lipinski definition) is 5. The Kier molecular flexibility index (Phi) is 7.86. The second-order valence-electron chi connectivity index (χ2n) is 6.40. The van der Waals surface area contributed by atoms with Gasteiger partial charge in [0.2, 0.25) is 5.91 Å². The minimum atomic E-state index is -0.214. The lowest BCUT2D eigenvalue weighted by Gasteiger charge is -2.28. The fourth-order valence-corrected chi connectivity index (χ4v) is 3.31. The van der Waals surface area contributed by atoms with E-state index in [-0.39, 0.29) is 36.8 Å². The van der Waals surface area contributed by atoms with Crippen molar-refractivity contribution in [2.45, 2.75) is 19.0 Å². The maximum absolute atomic E-state index is 12.5.